The van der Waals surface area contributed by atoms with Crippen LogP contribution in [-0.2, 0) is 6.42 Å². The lowest BCUT2D eigenvalue weighted by atomic mass is 9.99. The van der Waals surface area contributed by atoms with Crippen molar-refractivity contribution in [2.24, 2.45) is 0 Å². The molecule has 0 saturated carbocycles. The minimum atomic E-state index is -0.0589. The summed E-state index contributed by atoms with van der Waals surface area (Å²) < 4.78 is 0. The van der Waals surface area contributed by atoms with Crippen LogP contribution in [0.25, 0.3) is 11.5 Å². The Kier molecular flexibility index (Phi) is 4.01. The van der Waals surface area contributed by atoms with Gasteiger partial charge in [-0.3, -0.25) is 9.78 Å². The van der Waals surface area contributed by atoms with E-state index in [-0.39, 0.29) is 11.9 Å². The third kappa shape index (κ3) is 2.91. The average molecular weight is 351 g/mol. The van der Waals surface area contributed by atoms with Crippen LogP contribution in [0.15, 0.2) is 36.8 Å². The van der Waals surface area contributed by atoms with E-state index >= 15 is 0 Å². The maximum Gasteiger partial charge on any atom is 0.266 e. The van der Waals surface area contributed by atoms with E-state index in [0.29, 0.717) is 23.7 Å². The molecule has 126 valence electrons. The molecule has 0 fully saturated rings. The van der Waals surface area contributed by atoms with Gasteiger partial charge in [0.05, 0.1) is 22.9 Å². The first-order valence-electron chi connectivity index (χ1n) is 8.14. The third-order valence-electron chi connectivity index (χ3n) is 4.39. The van der Waals surface area contributed by atoms with Gasteiger partial charge in [-0.1, -0.05) is 6.07 Å². The van der Waals surface area contributed by atoms with Crippen molar-refractivity contribution >= 4 is 17.2 Å². The lowest BCUT2D eigenvalue weighted by Gasteiger charge is -2.34. The van der Waals surface area contributed by atoms with Crippen LogP contribution < -0.4 is 0 Å². The van der Waals surface area contributed by atoms with Gasteiger partial charge >= 0.3 is 0 Å². The van der Waals surface area contributed by atoms with Crippen molar-refractivity contribution in [1.29, 1.82) is 0 Å². The van der Waals surface area contributed by atoms with Crippen LogP contribution in [0.5, 0.6) is 0 Å². The van der Waals surface area contributed by atoms with Gasteiger partial charge in [0.25, 0.3) is 5.91 Å². The number of hydrogen-bond acceptors (Lipinski definition) is 6. The van der Waals surface area contributed by atoms with Gasteiger partial charge in [-0.25, -0.2) is 15.0 Å². The molecule has 4 rings (SSSR count). The molecule has 3 aromatic rings. The third-order valence-corrected chi connectivity index (χ3v) is 5.29. The van der Waals surface area contributed by atoms with E-state index in [2.05, 4.69) is 19.9 Å². The van der Waals surface area contributed by atoms with Gasteiger partial charge in [-0.2, -0.15) is 0 Å². The Morgan fingerprint density at radius 3 is 2.84 bits per heavy atom. The molecular formula is C18H17N5OS. The molecular weight excluding hydrogens is 334 g/mol. The standard InChI is InChI=1S/C18H17N5OS/c1-11-13-9-21-17(15-5-3-4-7-19-15)22-14(13)6-8-23(11)18(24)16-10-20-12(2)25-16/h3-5,7,9-11H,6,8H2,1-2H3. The predicted octanol–water partition coefficient (Wildman–Crippen LogP) is 3.06. The molecule has 1 aliphatic heterocycles. The van der Waals surface area contributed by atoms with Crippen molar-refractivity contribution in [3.8, 4) is 11.5 Å². The Morgan fingerprint density at radius 2 is 2.12 bits per heavy atom. The highest BCUT2D eigenvalue weighted by Gasteiger charge is 2.30. The van der Waals surface area contributed by atoms with E-state index in [1.165, 1.54) is 11.3 Å². The molecule has 6 nitrogen and oxygen atoms in total. The second kappa shape index (κ2) is 6.33. The van der Waals surface area contributed by atoms with Crippen molar-refractivity contribution in [2.75, 3.05) is 6.54 Å². The fourth-order valence-corrected chi connectivity index (χ4v) is 3.79. The number of aromatic nitrogens is 4. The zero-order valence-electron chi connectivity index (χ0n) is 14.0. The van der Waals surface area contributed by atoms with Gasteiger partial charge in [0.15, 0.2) is 5.82 Å². The summed E-state index contributed by atoms with van der Waals surface area (Å²) in [5.41, 5.74) is 2.75. The van der Waals surface area contributed by atoms with Crippen LogP contribution in [0.3, 0.4) is 0 Å². The quantitative estimate of drug-likeness (QED) is 0.709. The topological polar surface area (TPSA) is 71.9 Å². The molecule has 4 heterocycles. The number of aryl methyl sites for hydroxylation is 1. The summed E-state index contributed by atoms with van der Waals surface area (Å²) in [6.07, 6.45) is 5.93. The zero-order valence-corrected chi connectivity index (χ0v) is 14.8. The maximum atomic E-state index is 12.8. The molecule has 25 heavy (non-hydrogen) atoms. The van der Waals surface area contributed by atoms with Crippen LogP contribution in [0, 0.1) is 6.92 Å². The van der Waals surface area contributed by atoms with Crippen LogP contribution in [0.4, 0.5) is 0 Å². The number of rotatable bonds is 2. The second-order valence-corrected chi connectivity index (χ2v) is 7.21. The van der Waals surface area contributed by atoms with Gasteiger partial charge < -0.3 is 4.90 Å². The fourth-order valence-electron chi connectivity index (χ4n) is 3.06. The highest BCUT2D eigenvalue weighted by Crippen LogP contribution is 2.31. The Balaban J connectivity index is 1.63. The number of carbonyl (C=O) groups excluding carboxylic acids is 1. The molecule has 1 amide bonds. The first-order chi connectivity index (χ1) is 12.1. The summed E-state index contributed by atoms with van der Waals surface area (Å²) in [6.45, 7) is 4.57. The van der Waals surface area contributed by atoms with E-state index in [0.717, 1.165) is 22.0 Å². The number of carbonyl (C=O) groups is 1. The van der Waals surface area contributed by atoms with Crippen molar-refractivity contribution in [3.63, 3.8) is 0 Å². The minimum absolute atomic E-state index is 0.0255. The summed E-state index contributed by atoms with van der Waals surface area (Å²) in [4.78, 5) is 33.0. The number of pyridine rings is 1. The average Bonchev–Trinajstić information content (AvgIpc) is 3.08. The normalized spacial score (nSPS) is 16.6. The zero-order chi connectivity index (χ0) is 17.4. The molecule has 1 unspecified atom stereocenters. The molecule has 0 radical (unpaired) electrons. The molecule has 0 saturated heterocycles. The van der Waals surface area contributed by atoms with Crippen molar-refractivity contribution in [1.82, 2.24) is 24.8 Å². The molecule has 0 aliphatic carbocycles. The van der Waals surface area contributed by atoms with Gasteiger partial charge in [0, 0.05) is 30.9 Å². The van der Waals surface area contributed by atoms with Crippen molar-refractivity contribution < 1.29 is 4.79 Å². The monoisotopic (exact) mass is 351 g/mol. The van der Waals surface area contributed by atoms with Crippen molar-refractivity contribution in [3.05, 3.63) is 57.9 Å². The van der Waals surface area contributed by atoms with E-state index in [9.17, 15) is 4.79 Å². The van der Waals surface area contributed by atoms with Crippen LogP contribution >= 0.6 is 11.3 Å². The molecule has 7 heteroatoms. The molecule has 1 atom stereocenters. The molecule has 0 aromatic carbocycles. The minimum Gasteiger partial charge on any atom is -0.331 e. The number of nitrogens with zero attached hydrogens (tertiary/aromatic N) is 5. The first kappa shape index (κ1) is 15.8. The number of fused-ring (bicyclic) bond motifs is 1. The first-order valence-corrected chi connectivity index (χ1v) is 8.96. The molecule has 1 aliphatic rings. The molecule has 0 bridgehead atoms. The lowest BCUT2D eigenvalue weighted by molar-refractivity contribution is 0.0680. The lowest BCUT2D eigenvalue weighted by Crippen LogP contribution is -2.39. The van der Waals surface area contributed by atoms with E-state index in [4.69, 9.17) is 0 Å². The highest BCUT2D eigenvalue weighted by molar-refractivity contribution is 7.13. The van der Waals surface area contributed by atoms with Gasteiger partial charge in [-0.15, -0.1) is 11.3 Å². The van der Waals surface area contributed by atoms with E-state index in [1.807, 2.05) is 43.1 Å². The smallest absolute Gasteiger partial charge is 0.266 e. The predicted molar refractivity (Wildman–Crippen MR) is 95.3 cm³/mol. The Labute approximate surface area is 149 Å². The highest BCUT2D eigenvalue weighted by atomic mass is 32.1. The van der Waals surface area contributed by atoms with Gasteiger partial charge in [0.2, 0.25) is 0 Å². The van der Waals surface area contributed by atoms with E-state index in [1.54, 1.807) is 12.4 Å². The van der Waals surface area contributed by atoms with Gasteiger partial charge in [-0.05, 0) is 26.0 Å². The SMILES string of the molecule is Cc1ncc(C(=O)N2CCc3nc(-c4ccccn4)ncc3C2C)s1. The summed E-state index contributed by atoms with van der Waals surface area (Å²) in [7, 11) is 0. The molecule has 0 N–H and O–H groups in total. The molecule has 0 spiro atoms. The van der Waals surface area contributed by atoms with Crippen LogP contribution in [-0.4, -0.2) is 37.3 Å². The number of thiazole rings is 1. The number of amides is 1. The van der Waals surface area contributed by atoms with Crippen molar-refractivity contribution in [2.45, 2.75) is 26.3 Å². The summed E-state index contributed by atoms with van der Waals surface area (Å²) in [5.74, 6) is 0.655. The maximum absolute atomic E-state index is 12.8. The molecule has 3 aromatic heterocycles. The van der Waals surface area contributed by atoms with Crippen LogP contribution in [0.2, 0.25) is 0 Å². The summed E-state index contributed by atoms with van der Waals surface area (Å²) in [5, 5.41) is 0.900. The summed E-state index contributed by atoms with van der Waals surface area (Å²) in [6, 6.07) is 5.63. The van der Waals surface area contributed by atoms with Crippen LogP contribution in [0.1, 0.15) is 38.9 Å². The Morgan fingerprint density at radius 1 is 1.24 bits per heavy atom. The van der Waals surface area contributed by atoms with E-state index < -0.39 is 0 Å². The van der Waals surface area contributed by atoms with Gasteiger partial charge in [0.1, 0.15) is 10.6 Å². The summed E-state index contributed by atoms with van der Waals surface area (Å²) >= 11 is 1.43. The number of hydrogen-bond donors (Lipinski definition) is 0. The Bertz CT molecular complexity index is 924. The fraction of sp³-hybridized carbons (Fsp3) is 0.278. The second-order valence-electron chi connectivity index (χ2n) is 5.98. The Hall–Kier alpha value is -2.67. The largest absolute Gasteiger partial charge is 0.331 e.